The summed E-state index contributed by atoms with van der Waals surface area (Å²) in [7, 11) is 0. The van der Waals surface area contributed by atoms with Crippen LogP contribution in [0.15, 0.2) is 54.6 Å². The Morgan fingerprint density at radius 1 is 1.17 bits per heavy atom. The van der Waals surface area contributed by atoms with Crippen molar-refractivity contribution >= 4 is 22.7 Å². The van der Waals surface area contributed by atoms with Gasteiger partial charge in [0.2, 0.25) is 5.91 Å². The minimum Gasteiger partial charge on any atom is -0.351 e. The molecule has 1 atom stereocenters. The number of carbonyl (C=O) groups excluding carboxylic acids is 2. The first kappa shape index (κ1) is 19.2. The van der Waals surface area contributed by atoms with Gasteiger partial charge in [0.05, 0.1) is 0 Å². The van der Waals surface area contributed by atoms with Gasteiger partial charge in [-0.1, -0.05) is 37.3 Å². The van der Waals surface area contributed by atoms with Crippen LogP contribution >= 0.6 is 0 Å². The number of fused-ring (bicyclic) bond motifs is 1. The van der Waals surface area contributed by atoms with Crippen LogP contribution in [0.2, 0.25) is 0 Å². The number of halogens is 1. The van der Waals surface area contributed by atoms with Crippen LogP contribution in [0, 0.1) is 5.82 Å². The molecule has 1 aliphatic heterocycles. The molecule has 0 unspecified atom stereocenters. The standard InChI is InChI=1S/C23H24FN3O2/c1-2-19-15-26(11-10-22(28)27(19)14-16-6-4-3-5-7-16)23(29)21-13-17-12-18(24)8-9-20(17)25-21/h3-9,12-13,19,25H,2,10-11,14-15H2,1H3/t19-/m1/s1. The molecule has 5 nitrogen and oxygen atoms in total. The van der Waals surface area contributed by atoms with E-state index in [0.717, 1.165) is 17.5 Å². The van der Waals surface area contributed by atoms with Gasteiger partial charge in [-0.25, -0.2) is 4.39 Å². The van der Waals surface area contributed by atoms with Crippen molar-refractivity contribution < 1.29 is 14.0 Å². The maximum Gasteiger partial charge on any atom is 0.270 e. The summed E-state index contributed by atoms with van der Waals surface area (Å²) in [4.78, 5) is 32.6. The van der Waals surface area contributed by atoms with Gasteiger partial charge in [-0.05, 0) is 36.2 Å². The van der Waals surface area contributed by atoms with Gasteiger partial charge in [0.1, 0.15) is 11.5 Å². The predicted molar refractivity (Wildman–Crippen MR) is 110 cm³/mol. The number of H-pyrrole nitrogens is 1. The van der Waals surface area contributed by atoms with E-state index < -0.39 is 0 Å². The molecule has 1 aromatic heterocycles. The quantitative estimate of drug-likeness (QED) is 0.729. The van der Waals surface area contributed by atoms with Crippen LogP contribution in [0.5, 0.6) is 0 Å². The summed E-state index contributed by atoms with van der Waals surface area (Å²) in [6.07, 6.45) is 1.06. The summed E-state index contributed by atoms with van der Waals surface area (Å²) in [5.41, 5.74) is 2.22. The van der Waals surface area contributed by atoms with Gasteiger partial charge >= 0.3 is 0 Å². The van der Waals surface area contributed by atoms with Crippen molar-refractivity contribution in [2.75, 3.05) is 13.1 Å². The van der Waals surface area contributed by atoms with Gasteiger partial charge in [0.15, 0.2) is 0 Å². The van der Waals surface area contributed by atoms with E-state index in [2.05, 4.69) is 4.98 Å². The fraction of sp³-hybridized carbons (Fsp3) is 0.304. The predicted octanol–water partition coefficient (Wildman–Crippen LogP) is 3.96. The molecule has 1 saturated heterocycles. The molecule has 4 rings (SSSR count). The molecule has 1 fully saturated rings. The molecule has 1 aliphatic rings. The zero-order valence-electron chi connectivity index (χ0n) is 16.4. The summed E-state index contributed by atoms with van der Waals surface area (Å²) >= 11 is 0. The fourth-order valence-corrected chi connectivity index (χ4v) is 3.94. The Hall–Kier alpha value is -3.15. The van der Waals surface area contributed by atoms with Crippen LogP contribution in [0.4, 0.5) is 4.39 Å². The highest BCUT2D eigenvalue weighted by molar-refractivity contribution is 5.98. The van der Waals surface area contributed by atoms with Crippen molar-refractivity contribution in [1.82, 2.24) is 14.8 Å². The average Bonchev–Trinajstić information content (AvgIpc) is 3.08. The molecule has 0 aliphatic carbocycles. The third kappa shape index (κ3) is 4.01. The van der Waals surface area contributed by atoms with E-state index >= 15 is 0 Å². The number of benzene rings is 2. The molecule has 0 radical (unpaired) electrons. The summed E-state index contributed by atoms with van der Waals surface area (Å²) in [5.74, 6) is -0.428. The first-order valence-electron chi connectivity index (χ1n) is 9.96. The maximum absolute atomic E-state index is 13.5. The highest BCUT2D eigenvalue weighted by Gasteiger charge is 2.31. The first-order valence-corrected chi connectivity index (χ1v) is 9.96. The number of aromatic amines is 1. The number of carbonyl (C=O) groups is 2. The van der Waals surface area contributed by atoms with Crippen LogP contribution in [0.3, 0.4) is 0 Å². The van der Waals surface area contributed by atoms with Crippen molar-refractivity contribution in [2.45, 2.75) is 32.4 Å². The molecule has 6 heteroatoms. The molecule has 1 N–H and O–H groups in total. The molecular formula is C23H24FN3O2. The van der Waals surface area contributed by atoms with E-state index in [4.69, 9.17) is 0 Å². The third-order valence-electron chi connectivity index (χ3n) is 5.56. The number of rotatable bonds is 4. The average molecular weight is 393 g/mol. The van der Waals surface area contributed by atoms with Crippen molar-refractivity contribution in [3.63, 3.8) is 0 Å². The van der Waals surface area contributed by atoms with Gasteiger partial charge in [0, 0.05) is 43.0 Å². The van der Waals surface area contributed by atoms with Crippen molar-refractivity contribution in [3.8, 4) is 0 Å². The van der Waals surface area contributed by atoms with Gasteiger partial charge in [-0.15, -0.1) is 0 Å². The Kier molecular flexibility index (Phi) is 5.34. The third-order valence-corrected chi connectivity index (χ3v) is 5.56. The molecule has 2 aromatic carbocycles. The molecule has 0 spiro atoms. The van der Waals surface area contributed by atoms with Crippen LogP contribution < -0.4 is 0 Å². The molecule has 0 saturated carbocycles. The fourth-order valence-electron chi connectivity index (χ4n) is 3.94. The van der Waals surface area contributed by atoms with Gasteiger partial charge in [0.25, 0.3) is 5.91 Å². The summed E-state index contributed by atoms with van der Waals surface area (Å²) in [6.45, 7) is 3.45. The second-order valence-electron chi connectivity index (χ2n) is 7.49. The number of aromatic nitrogens is 1. The van der Waals surface area contributed by atoms with Crippen molar-refractivity contribution in [1.29, 1.82) is 0 Å². The number of hydrogen-bond donors (Lipinski definition) is 1. The minimum absolute atomic E-state index is 0.0454. The Morgan fingerprint density at radius 2 is 1.97 bits per heavy atom. The normalized spacial score (nSPS) is 17.6. The molecular weight excluding hydrogens is 369 g/mol. The van der Waals surface area contributed by atoms with Crippen LogP contribution in [-0.2, 0) is 11.3 Å². The SMILES string of the molecule is CC[C@@H]1CN(C(=O)c2cc3cc(F)ccc3[nH]2)CCC(=O)N1Cc1ccccc1. The Balaban J connectivity index is 1.55. The number of nitrogens with one attached hydrogen (secondary N) is 1. The Labute approximate surface area is 169 Å². The lowest BCUT2D eigenvalue weighted by Gasteiger charge is -2.31. The smallest absolute Gasteiger partial charge is 0.270 e. The zero-order valence-corrected chi connectivity index (χ0v) is 16.4. The van der Waals surface area contributed by atoms with E-state index in [9.17, 15) is 14.0 Å². The molecule has 150 valence electrons. The van der Waals surface area contributed by atoms with Crippen molar-refractivity contribution in [2.24, 2.45) is 0 Å². The Morgan fingerprint density at radius 3 is 2.72 bits per heavy atom. The van der Waals surface area contributed by atoms with E-state index in [1.165, 1.54) is 12.1 Å². The number of amides is 2. The maximum atomic E-state index is 13.5. The number of hydrogen-bond acceptors (Lipinski definition) is 2. The lowest BCUT2D eigenvalue weighted by Crippen LogP contribution is -2.43. The van der Waals surface area contributed by atoms with E-state index in [0.29, 0.717) is 37.1 Å². The Bertz CT molecular complexity index is 1030. The van der Waals surface area contributed by atoms with E-state index in [1.807, 2.05) is 42.2 Å². The first-order chi connectivity index (χ1) is 14.0. The molecule has 29 heavy (non-hydrogen) atoms. The second-order valence-corrected chi connectivity index (χ2v) is 7.49. The van der Waals surface area contributed by atoms with Crippen LogP contribution in [0.1, 0.15) is 35.8 Å². The lowest BCUT2D eigenvalue weighted by atomic mass is 10.1. The van der Waals surface area contributed by atoms with E-state index in [-0.39, 0.29) is 23.7 Å². The minimum atomic E-state index is -0.335. The van der Waals surface area contributed by atoms with Gasteiger partial charge < -0.3 is 14.8 Å². The number of nitrogens with zero attached hydrogens (tertiary/aromatic N) is 2. The summed E-state index contributed by atoms with van der Waals surface area (Å²) in [5, 5.41) is 0.664. The van der Waals surface area contributed by atoms with Gasteiger partial charge in [-0.2, -0.15) is 0 Å². The topological polar surface area (TPSA) is 56.4 Å². The summed E-state index contributed by atoms with van der Waals surface area (Å²) in [6, 6.07) is 15.9. The zero-order chi connectivity index (χ0) is 20.4. The molecule has 3 aromatic rings. The van der Waals surface area contributed by atoms with Crippen LogP contribution in [-0.4, -0.2) is 45.7 Å². The largest absolute Gasteiger partial charge is 0.351 e. The highest BCUT2D eigenvalue weighted by atomic mass is 19.1. The molecule has 2 amide bonds. The van der Waals surface area contributed by atoms with E-state index in [1.54, 1.807) is 17.0 Å². The molecule has 0 bridgehead atoms. The lowest BCUT2D eigenvalue weighted by molar-refractivity contribution is -0.133. The second kappa shape index (κ2) is 8.07. The van der Waals surface area contributed by atoms with Crippen LogP contribution in [0.25, 0.3) is 10.9 Å². The molecule has 2 heterocycles. The van der Waals surface area contributed by atoms with Gasteiger partial charge in [-0.3, -0.25) is 9.59 Å². The highest BCUT2D eigenvalue weighted by Crippen LogP contribution is 2.21. The monoisotopic (exact) mass is 393 g/mol. The van der Waals surface area contributed by atoms with Crippen molar-refractivity contribution in [3.05, 3.63) is 71.7 Å². The summed E-state index contributed by atoms with van der Waals surface area (Å²) < 4.78 is 13.5.